The van der Waals surface area contributed by atoms with E-state index in [2.05, 4.69) is 35.1 Å². The van der Waals surface area contributed by atoms with Crippen LogP contribution in [0.4, 0.5) is 0 Å². The lowest BCUT2D eigenvalue weighted by molar-refractivity contribution is 0.154. The third-order valence-electron chi connectivity index (χ3n) is 4.43. The van der Waals surface area contributed by atoms with Gasteiger partial charge in [-0.15, -0.1) is 0 Å². The van der Waals surface area contributed by atoms with Crippen molar-refractivity contribution in [1.29, 1.82) is 0 Å². The van der Waals surface area contributed by atoms with Crippen LogP contribution < -0.4 is 5.32 Å². The van der Waals surface area contributed by atoms with Gasteiger partial charge in [-0.3, -0.25) is 0 Å². The Morgan fingerprint density at radius 1 is 1.32 bits per heavy atom. The molecule has 0 amide bonds. The van der Waals surface area contributed by atoms with Crippen LogP contribution in [-0.2, 0) is 0 Å². The van der Waals surface area contributed by atoms with Crippen LogP contribution in [-0.4, -0.2) is 17.7 Å². The highest BCUT2D eigenvalue weighted by molar-refractivity contribution is 9.10. The van der Waals surface area contributed by atoms with Gasteiger partial charge in [-0.25, -0.2) is 0 Å². The molecule has 2 nitrogen and oxygen atoms in total. The second kappa shape index (κ2) is 6.87. The maximum absolute atomic E-state index is 10.2. The molecule has 0 saturated heterocycles. The maximum Gasteiger partial charge on any atom is 0.0914 e. The molecule has 1 saturated carbocycles. The van der Waals surface area contributed by atoms with Crippen molar-refractivity contribution in [2.45, 2.75) is 45.3 Å². The molecule has 1 aliphatic rings. The summed E-state index contributed by atoms with van der Waals surface area (Å²) >= 11 is 3.44. The minimum atomic E-state index is -0.424. The second-order valence-corrected chi connectivity index (χ2v) is 6.86. The van der Waals surface area contributed by atoms with E-state index in [-0.39, 0.29) is 0 Å². The molecule has 0 radical (unpaired) electrons. The molecule has 0 heterocycles. The van der Waals surface area contributed by atoms with Crippen molar-refractivity contribution in [2.75, 3.05) is 6.54 Å². The zero-order valence-corrected chi connectivity index (χ0v) is 13.4. The van der Waals surface area contributed by atoms with Gasteiger partial charge in [-0.2, -0.15) is 0 Å². The van der Waals surface area contributed by atoms with Crippen molar-refractivity contribution in [3.05, 3.63) is 34.3 Å². The highest BCUT2D eigenvalue weighted by atomic mass is 79.9. The number of halogens is 1. The van der Waals surface area contributed by atoms with E-state index < -0.39 is 6.10 Å². The van der Waals surface area contributed by atoms with Crippen molar-refractivity contribution in [1.82, 2.24) is 5.32 Å². The summed E-state index contributed by atoms with van der Waals surface area (Å²) in [7, 11) is 0. The Kier molecular flexibility index (Phi) is 5.43. The lowest BCUT2D eigenvalue weighted by atomic mass is 9.79. The first-order chi connectivity index (χ1) is 9.06. The number of rotatable bonds is 4. The first kappa shape index (κ1) is 15.0. The average molecular weight is 326 g/mol. The Balaban J connectivity index is 1.82. The molecule has 0 aliphatic heterocycles. The summed E-state index contributed by atoms with van der Waals surface area (Å²) < 4.78 is 1.02. The van der Waals surface area contributed by atoms with Gasteiger partial charge in [0.15, 0.2) is 0 Å². The fourth-order valence-electron chi connectivity index (χ4n) is 2.84. The van der Waals surface area contributed by atoms with E-state index in [4.69, 9.17) is 0 Å². The molecule has 2 rings (SSSR count). The van der Waals surface area contributed by atoms with E-state index in [1.54, 1.807) is 0 Å². The molecule has 3 heteroatoms. The number of hydrogen-bond acceptors (Lipinski definition) is 2. The fraction of sp³-hybridized carbons (Fsp3) is 0.625. The van der Waals surface area contributed by atoms with Crippen molar-refractivity contribution in [3.63, 3.8) is 0 Å². The van der Waals surface area contributed by atoms with Crippen LogP contribution >= 0.6 is 15.9 Å². The molecule has 0 aromatic heterocycles. The lowest BCUT2D eigenvalue weighted by Crippen LogP contribution is -2.38. The summed E-state index contributed by atoms with van der Waals surface area (Å²) in [6.07, 6.45) is 3.33. The third kappa shape index (κ3) is 4.30. The first-order valence-corrected chi connectivity index (χ1v) is 8.02. The summed E-state index contributed by atoms with van der Waals surface area (Å²) in [5.74, 6) is 1.63. The smallest absolute Gasteiger partial charge is 0.0914 e. The minimum Gasteiger partial charge on any atom is -0.387 e. The Morgan fingerprint density at radius 3 is 2.79 bits per heavy atom. The molecule has 1 aliphatic carbocycles. The molecular weight excluding hydrogens is 302 g/mol. The van der Waals surface area contributed by atoms with Crippen LogP contribution in [0.3, 0.4) is 0 Å². The second-order valence-electron chi connectivity index (χ2n) is 5.94. The van der Waals surface area contributed by atoms with E-state index in [9.17, 15) is 5.11 Å². The first-order valence-electron chi connectivity index (χ1n) is 7.23. The third-order valence-corrected chi connectivity index (χ3v) is 4.92. The predicted molar refractivity (Wildman–Crippen MR) is 83.1 cm³/mol. The van der Waals surface area contributed by atoms with Gasteiger partial charge in [0.05, 0.1) is 6.10 Å². The molecule has 1 fully saturated rings. The molecule has 4 unspecified atom stereocenters. The largest absolute Gasteiger partial charge is 0.387 e. The molecule has 0 bridgehead atoms. The fourth-order valence-corrected chi connectivity index (χ4v) is 3.26. The Labute approximate surface area is 124 Å². The Morgan fingerprint density at radius 2 is 2.11 bits per heavy atom. The van der Waals surface area contributed by atoms with Gasteiger partial charge in [0, 0.05) is 17.1 Å². The summed E-state index contributed by atoms with van der Waals surface area (Å²) in [5.41, 5.74) is 0.971. The molecule has 1 aromatic rings. The average Bonchev–Trinajstić information content (AvgIpc) is 2.40. The van der Waals surface area contributed by atoms with Gasteiger partial charge in [-0.1, -0.05) is 41.9 Å². The zero-order valence-electron chi connectivity index (χ0n) is 11.8. The van der Waals surface area contributed by atoms with Crippen LogP contribution in [0.2, 0.25) is 0 Å². The monoisotopic (exact) mass is 325 g/mol. The van der Waals surface area contributed by atoms with Gasteiger partial charge in [0.25, 0.3) is 0 Å². The maximum atomic E-state index is 10.2. The van der Waals surface area contributed by atoms with E-state index in [0.717, 1.165) is 21.9 Å². The zero-order chi connectivity index (χ0) is 13.8. The summed E-state index contributed by atoms with van der Waals surface area (Å²) in [6.45, 7) is 5.32. The van der Waals surface area contributed by atoms with Crippen molar-refractivity contribution >= 4 is 15.9 Å². The molecule has 1 aromatic carbocycles. The number of aliphatic hydroxyl groups is 1. The topological polar surface area (TPSA) is 32.3 Å². The minimum absolute atomic E-state index is 0.424. The van der Waals surface area contributed by atoms with Crippen molar-refractivity contribution in [2.24, 2.45) is 11.8 Å². The highest BCUT2D eigenvalue weighted by Gasteiger charge is 2.24. The number of aliphatic hydroxyl groups excluding tert-OH is 1. The van der Waals surface area contributed by atoms with Crippen LogP contribution in [0.1, 0.15) is 44.8 Å². The predicted octanol–water partition coefficient (Wildman–Crippen LogP) is 3.90. The van der Waals surface area contributed by atoms with Crippen LogP contribution in [0.15, 0.2) is 28.7 Å². The molecule has 2 N–H and O–H groups in total. The van der Waals surface area contributed by atoms with Crippen molar-refractivity contribution in [3.8, 4) is 0 Å². The lowest BCUT2D eigenvalue weighted by Gasteiger charge is -2.33. The summed E-state index contributed by atoms with van der Waals surface area (Å²) in [4.78, 5) is 0. The van der Waals surface area contributed by atoms with Crippen LogP contribution in [0.25, 0.3) is 0 Å². The van der Waals surface area contributed by atoms with Gasteiger partial charge < -0.3 is 10.4 Å². The van der Waals surface area contributed by atoms with Crippen molar-refractivity contribution < 1.29 is 5.11 Å². The summed E-state index contributed by atoms with van der Waals surface area (Å²) in [6, 6.07) is 8.47. The number of hydrogen-bond donors (Lipinski definition) is 2. The Bertz CT molecular complexity index is 409. The van der Waals surface area contributed by atoms with E-state index in [1.807, 2.05) is 24.3 Å². The molecule has 0 spiro atoms. The quantitative estimate of drug-likeness (QED) is 0.880. The number of benzene rings is 1. The SMILES string of the molecule is CC1CCC(NCC(O)c2cccc(Br)c2)CC1C. The standard InChI is InChI=1S/C16H24BrNO/c1-11-6-7-15(8-12(11)2)18-10-16(19)13-4-3-5-14(17)9-13/h3-5,9,11-12,15-16,18-19H,6-8,10H2,1-2H3. The Hall–Kier alpha value is -0.380. The van der Waals surface area contributed by atoms with Gasteiger partial charge in [-0.05, 0) is 48.8 Å². The summed E-state index contributed by atoms with van der Waals surface area (Å²) in [5, 5.41) is 13.7. The van der Waals surface area contributed by atoms with Gasteiger partial charge in [0.2, 0.25) is 0 Å². The highest BCUT2D eigenvalue weighted by Crippen LogP contribution is 2.29. The number of nitrogens with one attached hydrogen (secondary N) is 1. The van der Waals surface area contributed by atoms with E-state index >= 15 is 0 Å². The molecule has 4 atom stereocenters. The van der Waals surface area contributed by atoms with Gasteiger partial charge in [0.1, 0.15) is 0 Å². The molecule has 106 valence electrons. The van der Waals surface area contributed by atoms with Crippen LogP contribution in [0, 0.1) is 11.8 Å². The van der Waals surface area contributed by atoms with E-state index in [0.29, 0.717) is 12.6 Å². The van der Waals surface area contributed by atoms with Crippen LogP contribution in [0.5, 0.6) is 0 Å². The van der Waals surface area contributed by atoms with Gasteiger partial charge >= 0.3 is 0 Å². The molecular formula is C16H24BrNO. The van der Waals surface area contributed by atoms with E-state index in [1.165, 1.54) is 19.3 Å². The normalized spacial score (nSPS) is 29.2. The molecule has 19 heavy (non-hydrogen) atoms.